The predicted molar refractivity (Wildman–Crippen MR) is 66.4 cm³/mol. The number of benzene rings is 1. The molecule has 1 heterocycles. The fourth-order valence-corrected chi connectivity index (χ4v) is 3.43. The maximum atomic E-state index is 13.7. The SMILES string of the molecule is CC1CC(N)c2cc(Br)cc(F)c2CS1. The van der Waals surface area contributed by atoms with Gasteiger partial charge in [-0.1, -0.05) is 22.9 Å². The average molecular weight is 290 g/mol. The Morgan fingerprint density at radius 1 is 1.53 bits per heavy atom. The van der Waals surface area contributed by atoms with Crippen LogP contribution in [0, 0.1) is 5.82 Å². The second kappa shape index (κ2) is 4.44. The molecule has 0 radical (unpaired) electrons. The molecule has 1 aliphatic rings. The first-order chi connectivity index (χ1) is 7.08. The summed E-state index contributed by atoms with van der Waals surface area (Å²) in [4.78, 5) is 0. The Labute approximate surface area is 102 Å². The molecule has 1 nitrogen and oxygen atoms in total. The summed E-state index contributed by atoms with van der Waals surface area (Å²) >= 11 is 5.08. The highest BCUT2D eigenvalue weighted by atomic mass is 79.9. The summed E-state index contributed by atoms with van der Waals surface area (Å²) in [6, 6.07) is 3.42. The monoisotopic (exact) mass is 289 g/mol. The molecule has 2 rings (SSSR count). The average Bonchev–Trinajstić information content (AvgIpc) is 2.27. The number of thioether (sulfide) groups is 1. The van der Waals surface area contributed by atoms with E-state index in [9.17, 15) is 4.39 Å². The molecule has 2 N–H and O–H groups in total. The van der Waals surface area contributed by atoms with Crippen LogP contribution in [0.1, 0.15) is 30.5 Å². The molecule has 0 amide bonds. The highest BCUT2D eigenvalue weighted by Gasteiger charge is 2.22. The third kappa shape index (κ3) is 2.37. The van der Waals surface area contributed by atoms with Gasteiger partial charge in [-0.3, -0.25) is 0 Å². The van der Waals surface area contributed by atoms with Crippen LogP contribution in [0.4, 0.5) is 4.39 Å². The lowest BCUT2D eigenvalue weighted by Crippen LogP contribution is -2.14. The van der Waals surface area contributed by atoms with E-state index < -0.39 is 0 Å². The van der Waals surface area contributed by atoms with Gasteiger partial charge in [0.25, 0.3) is 0 Å². The number of hydrogen-bond acceptors (Lipinski definition) is 2. The van der Waals surface area contributed by atoms with Crippen LogP contribution in [0.3, 0.4) is 0 Å². The molecule has 4 heteroatoms. The van der Waals surface area contributed by atoms with Crippen LogP contribution < -0.4 is 5.73 Å². The van der Waals surface area contributed by atoms with Crippen molar-refractivity contribution in [3.63, 3.8) is 0 Å². The third-order valence-corrected chi connectivity index (χ3v) is 4.37. The minimum absolute atomic E-state index is 0.0444. The zero-order valence-corrected chi connectivity index (χ0v) is 10.9. The van der Waals surface area contributed by atoms with Gasteiger partial charge in [0.15, 0.2) is 0 Å². The molecule has 0 saturated heterocycles. The molecule has 2 atom stereocenters. The zero-order chi connectivity index (χ0) is 11.0. The number of rotatable bonds is 0. The Kier molecular flexibility index (Phi) is 3.38. The van der Waals surface area contributed by atoms with Crippen LogP contribution in [0.25, 0.3) is 0 Å². The van der Waals surface area contributed by atoms with Crippen LogP contribution in [0.2, 0.25) is 0 Å². The van der Waals surface area contributed by atoms with Gasteiger partial charge in [-0.15, -0.1) is 0 Å². The van der Waals surface area contributed by atoms with Crippen LogP contribution in [0.15, 0.2) is 16.6 Å². The van der Waals surface area contributed by atoms with Crippen molar-refractivity contribution in [2.24, 2.45) is 5.73 Å². The Morgan fingerprint density at radius 2 is 2.27 bits per heavy atom. The first-order valence-corrected chi connectivity index (χ1v) is 6.77. The van der Waals surface area contributed by atoms with E-state index in [0.29, 0.717) is 5.25 Å². The van der Waals surface area contributed by atoms with Gasteiger partial charge in [0, 0.05) is 27.1 Å². The van der Waals surface area contributed by atoms with Crippen LogP contribution >= 0.6 is 27.7 Å². The Bertz CT molecular complexity index is 383. The third-order valence-electron chi connectivity index (χ3n) is 2.69. The first kappa shape index (κ1) is 11.4. The number of nitrogens with two attached hydrogens (primary N) is 1. The van der Waals surface area contributed by atoms with E-state index >= 15 is 0 Å². The Morgan fingerprint density at radius 3 is 3.00 bits per heavy atom. The Hall–Kier alpha value is -0.0600. The van der Waals surface area contributed by atoms with Gasteiger partial charge in [-0.05, 0) is 24.1 Å². The topological polar surface area (TPSA) is 26.0 Å². The molecule has 0 fully saturated rings. The minimum Gasteiger partial charge on any atom is -0.324 e. The second-order valence-electron chi connectivity index (χ2n) is 3.92. The van der Waals surface area contributed by atoms with E-state index in [1.54, 1.807) is 11.8 Å². The molecule has 82 valence electrons. The lowest BCUT2D eigenvalue weighted by molar-refractivity contribution is 0.600. The smallest absolute Gasteiger partial charge is 0.128 e. The highest BCUT2D eigenvalue weighted by Crippen LogP contribution is 2.36. The summed E-state index contributed by atoms with van der Waals surface area (Å²) < 4.78 is 14.5. The molecule has 1 aromatic carbocycles. The minimum atomic E-state index is -0.142. The van der Waals surface area contributed by atoms with E-state index in [1.807, 2.05) is 6.07 Å². The van der Waals surface area contributed by atoms with Crippen molar-refractivity contribution in [2.75, 3.05) is 0 Å². The largest absolute Gasteiger partial charge is 0.324 e. The van der Waals surface area contributed by atoms with Crippen molar-refractivity contribution in [2.45, 2.75) is 30.4 Å². The van der Waals surface area contributed by atoms with Crippen molar-refractivity contribution >= 4 is 27.7 Å². The van der Waals surface area contributed by atoms with Gasteiger partial charge >= 0.3 is 0 Å². The van der Waals surface area contributed by atoms with Crippen LogP contribution in [-0.4, -0.2) is 5.25 Å². The van der Waals surface area contributed by atoms with Crippen molar-refractivity contribution in [3.05, 3.63) is 33.5 Å². The lowest BCUT2D eigenvalue weighted by atomic mass is 9.98. The molecule has 2 unspecified atom stereocenters. The molecule has 0 saturated carbocycles. The molecule has 0 spiro atoms. The second-order valence-corrected chi connectivity index (χ2v) is 6.26. The summed E-state index contributed by atoms with van der Waals surface area (Å²) in [6.45, 7) is 2.14. The maximum Gasteiger partial charge on any atom is 0.128 e. The molecule has 0 aliphatic carbocycles. The zero-order valence-electron chi connectivity index (χ0n) is 8.47. The van der Waals surface area contributed by atoms with Gasteiger partial charge in [0.05, 0.1) is 0 Å². The standard InChI is InChI=1S/C11H13BrFNS/c1-6-2-11(14)8-3-7(12)4-10(13)9(8)5-15-6/h3-4,6,11H,2,5,14H2,1H3. The van der Waals surface area contributed by atoms with Crippen molar-refractivity contribution < 1.29 is 4.39 Å². The van der Waals surface area contributed by atoms with Gasteiger partial charge in [0.1, 0.15) is 5.82 Å². The van der Waals surface area contributed by atoms with E-state index in [4.69, 9.17) is 5.73 Å². The van der Waals surface area contributed by atoms with Crippen LogP contribution in [0.5, 0.6) is 0 Å². The molecular formula is C11H13BrFNS. The quantitative estimate of drug-likeness (QED) is 0.790. The maximum absolute atomic E-state index is 13.7. The molecule has 1 aromatic rings. The lowest BCUT2D eigenvalue weighted by Gasteiger charge is -2.14. The fourth-order valence-electron chi connectivity index (χ4n) is 1.88. The normalized spacial score (nSPS) is 25.9. The number of hydrogen-bond donors (Lipinski definition) is 1. The van der Waals surface area contributed by atoms with E-state index in [-0.39, 0.29) is 11.9 Å². The van der Waals surface area contributed by atoms with Gasteiger partial charge in [0.2, 0.25) is 0 Å². The van der Waals surface area contributed by atoms with Gasteiger partial charge < -0.3 is 5.73 Å². The van der Waals surface area contributed by atoms with Gasteiger partial charge in [-0.2, -0.15) is 11.8 Å². The molecule has 15 heavy (non-hydrogen) atoms. The summed E-state index contributed by atoms with van der Waals surface area (Å²) in [5.74, 6) is 0.583. The summed E-state index contributed by atoms with van der Waals surface area (Å²) in [7, 11) is 0. The Balaban J connectivity index is 2.48. The van der Waals surface area contributed by atoms with E-state index in [0.717, 1.165) is 27.8 Å². The number of halogens is 2. The van der Waals surface area contributed by atoms with Crippen molar-refractivity contribution in [1.29, 1.82) is 0 Å². The first-order valence-electron chi connectivity index (χ1n) is 4.93. The molecule has 1 aliphatic heterocycles. The van der Waals surface area contributed by atoms with Gasteiger partial charge in [-0.25, -0.2) is 4.39 Å². The van der Waals surface area contributed by atoms with Crippen LogP contribution in [-0.2, 0) is 5.75 Å². The molecule has 0 bridgehead atoms. The molecule has 0 aromatic heterocycles. The van der Waals surface area contributed by atoms with E-state index in [2.05, 4.69) is 22.9 Å². The number of fused-ring (bicyclic) bond motifs is 1. The summed E-state index contributed by atoms with van der Waals surface area (Å²) in [6.07, 6.45) is 0.910. The summed E-state index contributed by atoms with van der Waals surface area (Å²) in [5, 5.41) is 0.491. The fraction of sp³-hybridized carbons (Fsp3) is 0.455. The van der Waals surface area contributed by atoms with E-state index in [1.165, 1.54) is 6.07 Å². The van der Waals surface area contributed by atoms with Crippen molar-refractivity contribution in [1.82, 2.24) is 0 Å². The predicted octanol–water partition coefficient (Wildman–Crippen LogP) is 3.61. The highest BCUT2D eigenvalue weighted by molar-refractivity contribution is 9.10. The molecular weight excluding hydrogens is 277 g/mol. The summed E-state index contributed by atoms with van der Waals surface area (Å²) in [5.41, 5.74) is 7.81. The van der Waals surface area contributed by atoms with Crippen molar-refractivity contribution in [3.8, 4) is 0 Å².